The molecule has 0 saturated heterocycles. The van der Waals surface area contributed by atoms with Gasteiger partial charge < -0.3 is 10.6 Å². The van der Waals surface area contributed by atoms with Crippen molar-refractivity contribution in [2.45, 2.75) is 19.9 Å². The number of nitrogens with zero attached hydrogens (tertiary/aromatic N) is 1. The number of hydrogen-bond donors (Lipinski definition) is 1. The van der Waals surface area contributed by atoms with Crippen molar-refractivity contribution in [2.75, 3.05) is 13.1 Å². The minimum atomic E-state index is 0.0788. The van der Waals surface area contributed by atoms with Gasteiger partial charge in [-0.15, -0.1) is 0 Å². The molecule has 0 heterocycles. The molecule has 0 aliphatic rings. The molecule has 0 radical (unpaired) electrons. The Hall–Kier alpha value is -0.570. The molecule has 0 aliphatic carbocycles. The summed E-state index contributed by atoms with van der Waals surface area (Å²) in [5, 5.41) is 0. The average Bonchev–Trinajstić information content (AvgIpc) is 1.82. The van der Waals surface area contributed by atoms with Crippen LogP contribution < -0.4 is 5.73 Å². The van der Waals surface area contributed by atoms with Gasteiger partial charge in [-0.05, 0) is 13.8 Å². The van der Waals surface area contributed by atoms with Crippen LogP contribution in [0.5, 0.6) is 0 Å². The molecule has 0 bridgehead atoms. The van der Waals surface area contributed by atoms with Gasteiger partial charge in [0.25, 0.3) is 0 Å². The largest absolute Gasteiger partial charge is 0.344 e. The number of amides is 1. The van der Waals surface area contributed by atoms with Crippen LogP contribution in [0.3, 0.4) is 0 Å². The summed E-state index contributed by atoms with van der Waals surface area (Å²) in [4.78, 5) is 11.8. The van der Waals surface area contributed by atoms with Crippen LogP contribution in [0.4, 0.5) is 0 Å². The third-order valence-corrected chi connectivity index (χ3v) is 1.08. The van der Waals surface area contributed by atoms with Crippen LogP contribution in [0.1, 0.15) is 13.8 Å². The molecule has 0 aromatic heterocycles. The van der Waals surface area contributed by atoms with E-state index in [4.69, 9.17) is 5.73 Å². The van der Waals surface area contributed by atoms with Crippen molar-refractivity contribution < 1.29 is 4.79 Å². The molecule has 3 heteroatoms. The van der Waals surface area contributed by atoms with Gasteiger partial charge in [0, 0.05) is 19.1 Å². The van der Waals surface area contributed by atoms with Gasteiger partial charge in [-0.1, -0.05) is 0 Å². The molecule has 0 aromatic carbocycles. The van der Waals surface area contributed by atoms with Gasteiger partial charge in [0.1, 0.15) is 0 Å². The summed E-state index contributed by atoms with van der Waals surface area (Å²) in [6, 6.07) is 0.0788. The average molecular weight is 130 g/mol. The molecule has 0 aromatic rings. The first-order chi connectivity index (χ1) is 4.20. The first kappa shape index (κ1) is 8.43. The zero-order valence-electron chi connectivity index (χ0n) is 6.00. The Kier molecular flexibility index (Phi) is 4.05. The lowest BCUT2D eigenvalue weighted by atomic mass is 10.3. The highest BCUT2D eigenvalue weighted by Gasteiger charge is 1.99. The van der Waals surface area contributed by atoms with Crippen LogP contribution in [0, 0.1) is 0 Å². The summed E-state index contributed by atoms with van der Waals surface area (Å²) in [5.41, 5.74) is 5.44. The molecular formula is C6H14N2O. The second-order valence-electron chi connectivity index (χ2n) is 2.17. The summed E-state index contributed by atoms with van der Waals surface area (Å²) in [5.74, 6) is 0. The first-order valence-corrected chi connectivity index (χ1v) is 3.15. The van der Waals surface area contributed by atoms with E-state index >= 15 is 0 Å². The van der Waals surface area contributed by atoms with E-state index in [1.54, 1.807) is 4.90 Å². The van der Waals surface area contributed by atoms with Crippen molar-refractivity contribution in [1.82, 2.24) is 4.90 Å². The third-order valence-electron chi connectivity index (χ3n) is 1.08. The van der Waals surface area contributed by atoms with Crippen LogP contribution >= 0.6 is 0 Å². The van der Waals surface area contributed by atoms with Gasteiger partial charge in [0.15, 0.2) is 0 Å². The Labute approximate surface area is 55.8 Å². The summed E-state index contributed by atoms with van der Waals surface area (Å²) >= 11 is 0. The highest BCUT2D eigenvalue weighted by Crippen LogP contribution is 1.83. The van der Waals surface area contributed by atoms with Crippen molar-refractivity contribution in [1.29, 1.82) is 0 Å². The van der Waals surface area contributed by atoms with Crippen molar-refractivity contribution in [3.63, 3.8) is 0 Å². The lowest BCUT2D eigenvalue weighted by Crippen LogP contribution is -2.34. The lowest BCUT2D eigenvalue weighted by Gasteiger charge is -2.16. The molecule has 0 spiro atoms. The second-order valence-corrected chi connectivity index (χ2v) is 2.17. The van der Waals surface area contributed by atoms with E-state index in [-0.39, 0.29) is 6.04 Å². The highest BCUT2D eigenvalue weighted by molar-refractivity contribution is 5.46. The zero-order valence-corrected chi connectivity index (χ0v) is 6.00. The van der Waals surface area contributed by atoms with Crippen LogP contribution in [0.25, 0.3) is 0 Å². The molecular weight excluding hydrogens is 116 g/mol. The quantitative estimate of drug-likeness (QED) is 0.536. The van der Waals surface area contributed by atoms with Gasteiger partial charge in [0.2, 0.25) is 6.41 Å². The maximum absolute atomic E-state index is 10.1. The van der Waals surface area contributed by atoms with Gasteiger partial charge in [-0.25, -0.2) is 0 Å². The Balaban J connectivity index is 3.42. The monoisotopic (exact) mass is 130 g/mol. The topological polar surface area (TPSA) is 46.3 Å². The molecule has 1 atom stereocenters. The van der Waals surface area contributed by atoms with E-state index in [2.05, 4.69) is 0 Å². The summed E-state index contributed by atoms with van der Waals surface area (Å²) in [7, 11) is 0. The van der Waals surface area contributed by atoms with E-state index in [0.717, 1.165) is 13.0 Å². The van der Waals surface area contributed by atoms with Crippen LogP contribution in [0.2, 0.25) is 0 Å². The number of carbonyl (C=O) groups is 1. The van der Waals surface area contributed by atoms with Crippen LogP contribution in [-0.4, -0.2) is 30.4 Å². The molecule has 0 unspecified atom stereocenters. The Morgan fingerprint density at radius 2 is 2.33 bits per heavy atom. The van der Waals surface area contributed by atoms with Crippen LogP contribution in [-0.2, 0) is 4.79 Å². The summed E-state index contributed by atoms with van der Waals surface area (Å²) in [6.07, 6.45) is 0.823. The molecule has 0 rings (SSSR count). The number of rotatable bonds is 4. The van der Waals surface area contributed by atoms with Crippen LogP contribution in [0.15, 0.2) is 0 Å². The van der Waals surface area contributed by atoms with E-state index in [1.807, 2.05) is 13.8 Å². The van der Waals surface area contributed by atoms with Gasteiger partial charge in [-0.3, -0.25) is 4.79 Å². The zero-order chi connectivity index (χ0) is 7.28. The summed E-state index contributed by atoms with van der Waals surface area (Å²) < 4.78 is 0. The Morgan fingerprint density at radius 3 is 2.44 bits per heavy atom. The predicted octanol–water partition coefficient (Wildman–Crippen LogP) is -0.188. The predicted molar refractivity (Wildman–Crippen MR) is 37.0 cm³/mol. The van der Waals surface area contributed by atoms with E-state index in [0.29, 0.717) is 6.54 Å². The third kappa shape index (κ3) is 3.97. The number of nitrogens with two attached hydrogens (primary N) is 1. The first-order valence-electron chi connectivity index (χ1n) is 3.15. The van der Waals surface area contributed by atoms with Gasteiger partial charge >= 0.3 is 0 Å². The minimum absolute atomic E-state index is 0.0788. The minimum Gasteiger partial charge on any atom is -0.344 e. The molecule has 3 nitrogen and oxygen atoms in total. The van der Waals surface area contributed by atoms with E-state index in [9.17, 15) is 4.79 Å². The molecule has 9 heavy (non-hydrogen) atoms. The molecule has 54 valence electrons. The fourth-order valence-electron chi connectivity index (χ4n) is 0.617. The fraction of sp³-hybridized carbons (Fsp3) is 0.833. The maximum atomic E-state index is 10.1. The molecule has 2 N–H and O–H groups in total. The van der Waals surface area contributed by atoms with Crippen molar-refractivity contribution in [3.05, 3.63) is 0 Å². The maximum Gasteiger partial charge on any atom is 0.209 e. The van der Waals surface area contributed by atoms with Crippen molar-refractivity contribution in [2.24, 2.45) is 5.73 Å². The van der Waals surface area contributed by atoms with Gasteiger partial charge in [-0.2, -0.15) is 0 Å². The highest BCUT2D eigenvalue weighted by atomic mass is 16.1. The van der Waals surface area contributed by atoms with E-state index < -0.39 is 0 Å². The number of likely N-dealkylation sites (N-methyl/N-ethyl adjacent to an activating group) is 1. The standard InChI is InChI=1S/C6H14N2O/c1-3-8(5-9)4-6(2)7/h5-6H,3-4,7H2,1-2H3/t6-/m1/s1. The molecule has 0 saturated carbocycles. The van der Waals surface area contributed by atoms with Crippen molar-refractivity contribution >= 4 is 6.41 Å². The lowest BCUT2D eigenvalue weighted by molar-refractivity contribution is -0.118. The smallest absolute Gasteiger partial charge is 0.209 e. The number of hydrogen-bond acceptors (Lipinski definition) is 2. The fourth-order valence-corrected chi connectivity index (χ4v) is 0.617. The van der Waals surface area contributed by atoms with Crippen molar-refractivity contribution in [3.8, 4) is 0 Å². The van der Waals surface area contributed by atoms with E-state index in [1.165, 1.54) is 0 Å². The SMILES string of the molecule is CCN(C=O)C[C@@H](C)N. The Bertz CT molecular complexity index is 83.1. The summed E-state index contributed by atoms with van der Waals surface area (Å²) in [6.45, 7) is 5.20. The number of carbonyl (C=O) groups excluding carboxylic acids is 1. The normalized spacial score (nSPS) is 12.8. The van der Waals surface area contributed by atoms with Gasteiger partial charge in [0.05, 0.1) is 0 Å². The molecule has 1 amide bonds. The molecule has 0 aliphatic heterocycles. The second kappa shape index (κ2) is 4.32. The Morgan fingerprint density at radius 1 is 1.78 bits per heavy atom. The molecule has 0 fully saturated rings.